The van der Waals surface area contributed by atoms with Gasteiger partial charge in [0.1, 0.15) is 12.0 Å². The van der Waals surface area contributed by atoms with E-state index in [0.717, 1.165) is 12.5 Å². The molecule has 0 saturated carbocycles. The number of nitrogens with zero attached hydrogens (tertiary/aromatic N) is 4. The number of benzene rings is 1. The SMILES string of the molecule is CS(=O)(=O)c1ccc(-c2nnc(C(F)=CF)n2-c2ccccc2Cl)nc1. The molecule has 1 aromatic carbocycles. The quantitative estimate of drug-likeness (QED) is 0.673. The molecule has 0 bridgehead atoms. The number of hydrogen-bond donors (Lipinski definition) is 0. The molecule has 2 aromatic heterocycles. The average molecular weight is 397 g/mol. The summed E-state index contributed by atoms with van der Waals surface area (Å²) in [4.78, 5) is 4.06. The van der Waals surface area contributed by atoms with Gasteiger partial charge in [-0.3, -0.25) is 9.55 Å². The van der Waals surface area contributed by atoms with E-state index in [0.29, 0.717) is 5.69 Å². The number of pyridine rings is 1. The minimum atomic E-state index is -3.43. The van der Waals surface area contributed by atoms with Crippen LogP contribution in [0.4, 0.5) is 8.78 Å². The smallest absolute Gasteiger partial charge is 0.200 e. The minimum Gasteiger partial charge on any atom is -0.270 e. The molecule has 134 valence electrons. The Kier molecular flexibility index (Phi) is 4.84. The molecular formula is C16H11ClF2N4O2S. The fourth-order valence-electron chi connectivity index (χ4n) is 2.25. The van der Waals surface area contributed by atoms with Gasteiger partial charge in [-0.1, -0.05) is 23.7 Å². The maximum absolute atomic E-state index is 13.9. The molecule has 0 aliphatic heterocycles. The molecule has 2 heterocycles. The lowest BCUT2D eigenvalue weighted by Crippen LogP contribution is -2.04. The maximum atomic E-state index is 13.9. The second-order valence-electron chi connectivity index (χ2n) is 5.24. The van der Waals surface area contributed by atoms with Crippen LogP contribution in [0.5, 0.6) is 0 Å². The van der Waals surface area contributed by atoms with E-state index >= 15 is 0 Å². The standard InChI is InChI=1S/C16H11ClF2N4O2S/c1-26(24,25)10-6-7-13(20-9-10)16-22-21-15(12(19)8-18)23(16)14-5-3-2-4-11(14)17/h2-9H,1H3. The van der Waals surface area contributed by atoms with Crippen molar-refractivity contribution in [3.05, 3.63) is 59.8 Å². The zero-order chi connectivity index (χ0) is 18.9. The highest BCUT2D eigenvalue weighted by Crippen LogP contribution is 2.30. The summed E-state index contributed by atoms with van der Waals surface area (Å²) in [6.07, 6.45) is 1.97. The van der Waals surface area contributed by atoms with Crippen LogP contribution in [-0.2, 0) is 9.84 Å². The van der Waals surface area contributed by atoms with E-state index in [-0.39, 0.29) is 27.8 Å². The van der Waals surface area contributed by atoms with E-state index in [9.17, 15) is 17.2 Å². The maximum Gasteiger partial charge on any atom is 0.200 e. The summed E-state index contributed by atoms with van der Waals surface area (Å²) in [6, 6.07) is 9.22. The van der Waals surface area contributed by atoms with E-state index in [2.05, 4.69) is 15.2 Å². The fraction of sp³-hybridized carbons (Fsp3) is 0.0625. The van der Waals surface area contributed by atoms with Crippen molar-refractivity contribution in [1.29, 1.82) is 0 Å². The Morgan fingerprint density at radius 2 is 1.92 bits per heavy atom. The zero-order valence-corrected chi connectivity index (χ0v) is 14.8. The van der Waals surface area contributed by atoms with Gasteiger partial charge in [-0.15, -0.1) is 10.2 Å². The molecule has 3 aromatic rings. The lowest BCUT2D eigenvalue weighted by atomic mass is 10.2. The van der Waals surface area contributed by atoms with Crippen molar-refractivity contribution in [2.75, 3.05) is 6.26 Å². The number of rotatable bonds is 4. The summed E-state index contributed by atoms with van der Waals surface area (Å²) in [7, 11) is -3.43. The predicted molar refractivity (Wildman–Crippen MR) is 92.9 cm³/mol. The molecule has 0 amide bonds. The first-order valence-electron chi connectivity index (χ1n) is 7.16. The first-order chi connectivity index (χ1) is 12.3. The van der Waals surface area contributed by atoms with Crippen LogP contribution < -0.4 is 0 Å². The zero-order valence-electron chi connectivity index (χ0n) is 13.3. The lowest BCUT2D eigenvalue weighted by molar-refractivity contribution is 0.601. The van der Waals surface area contributed by atoms with Crippen LogP contribution in [0.2, 0.25) is 5.02 Å². The van der Waals surface area contributed by atoms with Crippen LogP contribution >= 0.6 is 11.6 Å². The predicted octanol–water partition coefficient (Wildman–Crippen LogP) is 3.62. The molecule has 0 saturated heterocycles. The van der Waals surface area contributed by atoms with Gasteiger partial charge in [0.15, 0.2) is 27.3 Å². The summed E-state index contributed by atoms with van der Waals surface area (Å²) < 4.78 is 51.0. The molecule has 0 radical (unpaired) electrons. The second-order valence-corrected chi connectivity index (χ2v) is 7.67. The average Bonchev–Trinajstić information content (AvgIpc) is 3.05. The van der Waals surface area contributed by atoms with Crippen LogP contribution in [0.25, 0.3) is 23.0 Å². The van der Waals surface area contributed by atoms with Crippen LogP contribution in [0.3, 0.4) is 0 Å². The van der Waals surface area contributed by atoms with Crippen molar-refractivity contribution in [1.82, 2.24) is 19.7 Å². The number of hydrogen-bond acceptors (Lipinski definition) is 5. The van der Waals surface area contributed by atoms with Crippen molar-refractivity contribution in [3.8, 4) is 17.2 Å². The summed E-state index contributed by atoms with van der Waals surface area (Å²) in [5.74, 6) is -1.56. The van der Waals surface area contributed by atoms with Gasteiger partial charge in [-0.2, -0.15) is 0 Å². The summed E-state index contributed by atoms with van der Waals surface area (Å²) in [5, 5.41) is 7.78. The number of sulfone groups is 1. The summed E-state index contributed by atoms with van der Waals surface area (Å²) >= 11 is 6.17. The van der Waals surface area contributed by atoms with E-state index < -0.39 is 21.5 Å². The molecule has 10 heteroatoms. The minimum absolute atomic E-state index is 0.0140. The molecule has 0 aliphatic rings. The Balaban J connectivity index is 2.23. The third kappa shape index (κ3) is 3.35. The highest BCUT2D eigenvalue weighted by Gasteiger charge is 2.21. The molecule has 0 N–H and O–H groups in total. The lowest BCUT2D eigenvalue weighted by Gasteiger charge is -2.11. The summed E-state index contributed by atoms with van der Waals surface area (Å²) in [5.41, 5.74) is 0.526. The van der Waals surface area contributed by atoms with Gasteiger partial charge in [0, 0.05) is 12.5 Å². The van der Waals surface area contributed by atoms with Gasteiger partial charge < -0.3 is 0 Å². The van der Waals surface area contributed by atoms with Gasteiger partial charge in [-0.05, 0) is 24.3 Å². The first-order valence-corrected chi connectivity index (χ1v) is 9.43. The second kappa shape index (κ2) is 6.93. The normalized spacial score (nSPS) is 12.4. The van der Waals surface area contributed by atoms with Crippen LogP contribution in [0, 0.1) is 0 Å². The Bertz CT molecular complexity index is 1100. The molecular weight excluding hydrogens is 386 g/mol. The molecule has 6 nitrogen and oxygen atoms in total. The fourth-order valence-corrected chi connectivity index (χ4v) is 3.03. The van der Waals surface area contributed by atoms with Crippen molar-refractivity contribution in [3.63, 3.8) is 0 Å². The molecule has 0 unspecified atom stereocenters. The van der Waals surface area contributed by atoms with E-state index in [1.165, 1.54) is 16.7 Å². The van der Waals surface area contributed by atoms with E-state index in [4.69, 9.17) is 11.6 Å². The van der Waals surface area contributed by atoms with Gasteiger partial charge in [0.25, 0.3) is 0 Å². The molecule has 0 atom stereocenters. The number of aromatic nitrogens is 4. The highest BCUT2D eigenvalue weighted by molar-refractivity contribution is 7.90. The monoisotopic (exact) mass is 396 g/mol. The third-order valence-electron chi connectivity index (χ3n) is 3.46. The van der Waals surface area contributed by atoms with Crippen molar-refractivity contribution >= 4 is 27.3 Å². The summed E-state index contributed by atoms with van der Waals surface area (Å²) in [6.45, 7) is 0. The largest absolute Gasteiger partial charge is 0.270 e. The van der Waals surface area contributed by atoms with E-state index in [1.807, 2.05) is 0 Å². The number of para-hydroxylation sites is 1. The van der Waals surface area contributed by atoms with Gasteiger partial charge in [0.05, 0.1) is 15.6 Å². The van der Waals surface area contributed by atoms with Crippen LogP contribution in [0.15, 0.2) is 53.8 Å². The Morgan fingerprint density at radius 1 is 1.19 bits per heavy atom. The van der Waals surface area contributed by atoms with Gasteiger partial charge in [0.2, 0.25) is 0 Å². The van der Waals surface area contributed by atoms with Crippen molar-refractivity contribution < 1.29 is 17.2 Å². The molecule has 0 spiro atoms. The molecule has 0 aliphatic carbocycles. The van der Waals surface area contributed by atoms with Crippen molar-refractivity contribution in [2.24, 2.45) is 0 Å². The topological polar surface area (TPSA) is 77.7 Å². The first kappa shape index (κ1) is 18.2. The van der Waals surface area contributed by atoms with E-state index in [1.54, 1.807) is 24.3 Å². The number of halogens is 3. The molecule has 26 heavy (non-hydrogen) atoms. The van der Waals surface area contributed by atoms with Crippen molar-refractivity contribution in [2.45, 2.75) is 4.90 Å². The Hall–Kier alpha value is -2.65. The van der Waals surface area contributed by atoms with Gasteiger partial charge >= 0.3 is 0 Å². The Morgan fingerprint density at radius 3 is 2.50 bits per heavy atom. The van der Waals surface area contributed by atoms with Gasteiger partial charge in [-0.25, -0.2) is 17.2 Å². The molecule has 3 rings (SSSR count). The van der Waals surface area contributed by atoms with Crippen LogP contribution in [0.1, 0.15) is 5.82 Å². The van der Waals surface area contributed by atoms with Crippen LogP contribution in [-0.4, -0.2) is 34.4 Å². The third-order valence-corrected chi connectivity index (χ3v) is 4.88. The highest BCUT2D eigenvalue weighted by atomic mass is 35.5. The Labute approximate surface area is 152 Å². The molecule has 0 fully saturated rings.